The third-order valence-corrected chi connectivity index (χ3v) is 2.65. The fraction of sp³-hybridized carbons (Fsp3) is 0.222. The van der Waals surface area contributed by atoms with Crippen molar-refractivity contribution < 1.29 is 4.79 Å². The zero-order valence-corrected chi connectivity index (χ0v) is 8.95. The first-order chi connectivity index (χ1) is 5.59. The van der Waals surface area contributed by atoms with Crippen LogP contribution < -0.4 is 0 Å². The second-order valence-corrected chi connectivity index (χ2v) is 3.89. The summed E-state index contributed by atoms with van der Waals surface area (Å²) < 4.78 is 0.836. The van der Waals surface area contributed by atoms with E-state index >= 15 is 0 Å². The van der Waals surface area contributed by atoms with Crippen LogP contribution in [0.25, 0.3) is 0 Å². The molecule has 1 aromatic carbocycles. The zero-order chi connectivity index (χ0) is 9.14. The Hall–Kier alpha value is -0.340. The Morgan fingerprint density at radius 1 is 1.58 bits per heavy atom. The minimum absolute atomic E-state index is 0.157. The molecule has 0 atom stereocenters. The van der Waals surface area contributed by atoms with Gasteiger partial charge in [0.15, 0.2) is 0 Å². The lowest BCUT2D eigenvalue weighted by Gasteiger charge is -1.99. The number of Topliss-reactive ketones (excluding diaryl/α,β-unsaturated/α-hetero) is 1. The monoisotopic (exact) mass is 246 g/mol. The molecule has 1 nitrogen and oxygen atoms in total. The molecule has 0 aliphatic rings. The summed E-state index contributed by atoms with van der Waals surface area (Å²) in [6.07, 6.45) is 0.468. The van der Waals surface area contributed by atoms with E-state index in [1.54, 1.807) is 13.0 Å². The van der Waals surface area contributed by atoms with Crippen LogP contribution in [0.15, 0.2) is 22.7 Å². The van der Waals surface area contributed by atoms with E-state index in [2.05, 4.69) is 15.9 Å². The summed E-state index contributed by atoms with van der Waals surface area (Å²) >= 11 is 9.08. The number of halogens is 2. The van der Waals surface area contributed by atoms with Crippen LogP contribution in [0.2, 0.25) is 5.02 Å². The average molecular weight is 248 g/mol. The topological polar surface area (TPSA) is 17.1 Å². The molecule has 0 amide bonds. The van der Waals surface area contributed by atoms with Gasteiger partial charge < -0.3 is 0 Å². The van der Waals surface area contributed by atoms with Crippen LogP contribution in [0.1, 0.15) is 12.5 Å². The fourth-order valence-corrected chi connectivity index (χ4v) is 1.48. The van der Waals surface area contributed by atoms with Crippen molar-refractivity contribution in [3.05, 3.63) is 33.3 Å². The van der Waals surface area contributed by atoms with Crippen molar-refractivity contribution in [3.63, 3.8) is 0 Å². The third-order valence-electron chi connectivity index (χ3n) is 1.44. The molecular formula is C9H8BrClO. The predicted molar refractivity (Wildman–Crippen MR) is 53.5 cm³/mol. The van der Waals surface area contributed by atoms with E-state index in [9.17, 15) is 4.79 Å². The molecule has 0 heterocycles. The fourth-order valence-electron chi connectivity index (χ4n) is 0.937. The number of benzene rings is 1. The van der Waals surface area contributed by atoms with E-state index in [1.807, 2.05) is 12.1 Å². The van der Waals surface area contributed by atoms with Crippen molar-refractivity contribution in [3.8, 4) is 0 Å². The molecule has 0 saturated carbocycles. The molecule has 0 N–H and O–H groups in total. The first kappa shape index (κ1) is 9.75. The first-order valence-electron chi connectivity index (χ1n) is 3.53. The number of carbonyl (C=O) groups is 1. The summed E-state index contributed by atoms with van der Waals surface area (Å²) in [6, 6.07) is 5.50. The van der Waals surface area contributed by atoms with Gasteiger partial charge in [-0.3, -0.25) is 4.79 Å². The van der Waals surface area contributed by atoms with E-state index < -0.39 is 0 Å². The molecule has 64 valence electrons. The molecule has 0 fully saturated rings. The van der Waals surface area contributed by atoms with Crippen LogP contribution in [0, 0.1) is 0 Å². The van der Waals surface area contributed by atoms with Crippen molar-refractivity contribution in [1.82, 2.24) is 0 Å². The molecule has 0 aliphatic carbocycles. The molecule has 3 heteroatoms. The Morgan fingerprint density at radius 2 is 2.25 bits per heavy atom. The van der Waals surface area contributed by atoms with Gasteiger partial charge in [0.2, 0.25) is 0 Å². The Bertz CT molecular complexity index is 309. The van der Waals surface area contributed by atoms with Gasteiger partial charge in [0.05, 0.1) is 5.02 Å². The number of carbonyl (C=O) groups excluding carboxylic acids is 1. The summed E-state index contributed by atoms with van der Waals surface area (Å²) in [4.78, 5) is 10.8. The van der Waals surface area contributed by atoms with Crippen LogP contribution in [0.5, 0.6) is 0 Å². The van der Waals surface area contributed by atoms with Crippen molar-refractivity contribution in [1.29, 1.82) is 0 Å². The van der Waals surface area contributed by atoms with Gasteiger partial charge >= 0.3 is 0 Å². The highest BCUT2D eigenvalue weighted by molar-refractivity contribution is 9.10. The summed E-state index contributed by atoms with van der Waals surface area (Å²) in [5, 5.41) is 0.669. The molecule has 12 heavy (non-hydrogen) atoms. The lowest BCUT2D eigenvalue weighted by Crippen LogP contribution is -1.95. The van der Waals surface area contributed by atoms with E-state index in [1.165, 1.54) is 0 Å². The highest BCUT2D eigenvalue weighted by atomic mass is 79.9. The maximum atomic E-state index is 10.8. The second-order valence-electron chi connectivity index (χ2n) is 2.63. The van der Waals surface area contributed by atoms with Crippen molar-refractivity contribution in [2.45, 2.75) is 13.3 Å². The molecule has 0 bridgehead atoms. The molecular weight excluding hydrogens is 239 g/mol. The van der Waals surface area contributed by atoms with Crippen molar-refractivity contribution >= 4 is 33.3 Å². The van der Waals surface area contributed by atoms with Gasteiger partial charge in [-0.1, -0.05) is 17.7 Å². The summed E-state index contributed by atoms with van der Waals surface area (Å²) in [5.41, 5.74) is 0.985. The minimum Gasteiger partial charge on any atom is -0.300 e. The molecule has 0 saturated heterocycles. The third kappa shape index (κ3) is 2.61. The second kappa shape index (κ2) is 4.06. The maximum Gasteiger partial charge on any atom is 0.134 e. The van der Waals surface area contributed by atoms with E-state index in [0.717, 1.165) is 10.0 Å². The SMILES string of the molecule is CC(=O)Cc1ccc(Cl)c(Br)c1. The quantitative estimate of drug-likeness (QED) is 0.784. The summed E-state index contributed by atoms with van der Waals surface area (Å²) in [7, 11) is 0. The van der Waals surface area contributed by atoms with Crippen LogP contribution in [-0.4, -0.2) is 5.78 Å². The van der Waals surface area contributed by atoms with Gasteiger partial charge in [-0.2, -0.15) is 0 Å². The normalized spacial score (nSPS) is 9.92. The van der Waals surface area contributed by atoms with Crippen LogP contribution in [0.4, 0.5) is 0 Å². The van der Waals surface area contributed by atoms with Gasteiger partial charge in [0, 0.05) is 10.9 Å². The standard InChI is InChI=1S/C9H8BrClO/c1-6(12)4-7-2-3-9(11)8(10)5-7/h2-3,5H,4H2,1H3. The van der Waals surface area contributed by atoms with Gasteiger partial charge in [-0.25, -0.2) is 0 Å². The number of hydrogen-bond donors (Lipinski definition) is 0. The summed E-state index contributed by atoms with van der Waals surface area (Å²) in [5.74, 6) is 0.157. The Balaban J connectivity index is 2.89. The molecule has 0 radical (unpaired) electrons. The predicted octanol–water partition coefficient (Wildman–Crippen LogP) is 3.23. The zero-order valence-electron chi connectivity index (χ0n) is 6.60. The van der Waals surface area contributed by atoms with E-state index in [4.69, 9.17) is 11.6 Å². The first-order valence-corrected chi connectivity index (χ1v) is 4.70. The van der Waals surface area contributed by atoms with Gasteiger partial charge in [-0.15, -0.1) is 0 Å². The highest BCUT2D eigenvalue weighted by Crippen LogP contribution is 2.23. The largest absolute Gasteiger partial charge is 0.300 e. The molecule has 0 aliphatic heterocycles. The number of ketones is 1. The molecule has 0 spiro atoms. The van der Waals surface area contributed by atoms with E-state index in [-0.39, 0.29) is 5.78 Å². The highest BCUT2D eigenvalue weighted by Gasteiger charge is 2.00. The van der Waals surface area contributed by atoms with Crippen LogP contribution >= 0.6 is 27.5 Å². The summed E-state index contributed by atoms with van der Waals surface area (Å²) in [6.45, 7) is 1.57. The average Bonchev–Trinajstić information content (AvgIpc) is 1.96. The van der Waals surface area contributed by atoms with Gasteiger partial charge in [-0.05, 0) is 40.5 Å². The Labute approximate surface area is 84.9 Å². The molecule has 0 unspecified atom stereocenters. The van der Waals surface area contributed by atoms with Crippen molar-refractivity contribution in [2.24, 2.45) is 0 Å². The van der Waals surface area contributed by atoms with Gasteiger partial charge in [0.25, 0.3) is 0 Å². The molecule has 0 aromatic heterocycles. The lowest BCUT2D eigenvalue weighted by molar-refractivity contribution is -0.116. The number of hydrogen-bond acceptors (Lipinski definition) is 1. The molecule has 1 rings (SSSR count). The minimum atomic E-state index is 0.157. The lowest BCUT2D eigenvalue weighted by atomic mass is 10.1. The van der Waals surface area contributed by atoms with Crippen molar-refractivity contribution in [2.75, 3.05) is 0 Å². The van der Waals surface area contributed by atoms with Crippen LogP contribution in [0.3, 0.4) is 0 Å². The van der Waals surface area contributed by atoms with Gasteiger partial charge in [0.1, 0.15) is 5.78 Å². The number of rotatable bonds is 2. The van der Waals surface area contributed by atoms with Crippen LogP contribution in [-0.2, 0) is 11.2 Å². The Morgan fingerprint density at radius 3 is 2.75 bits per heavy atom. The Kier molecular flexibility index (Phi) is 3.29. The smallest absolute Gasteiger partial charge is 0.134 e. The van der Waals surface area contributed by atoms with E-state index in [0.29, 0.717) is 11.4 Å². The molecule has 1 aromatic rings. The maximum absolute atomic E-state index is 10.8.